The van der Waals surface area contributed by atoms with Gasteiger partial charge in [0.15, 0.2) is 0 Å². The Hall–Kier alpha value is -6.84. The van der Waals surface area contributed by atoms with Crippen LogP contribution in [0.1, 0.15) is 5.56 Å². The van der Waals surface area contributed by atoms with Crippen LogP contribution in [-0.4, -0.2) is 11.4 Å². The van der Waals surface area contributed by atoms with E-state index in [1.54, 1.807) is 0 Å². The lowest BCUT2D eigenvalue weighted by atomic mass is 9.43. The first-order valence-electron chi connectivity index (χ1n) is 18.9. The summed E-state index contributed by atoms with van der Waals surface area (Å²) in [6, 6.07) is 67.5. The second-order valence-corrected chi connectivity index (χ2v) is 14.9. The van der Waals surface area contributed by atoms with Crippen LogP contribution in [0, 0.1) is 6.92 Å². The monoisotopic (exact) mass is 684 g/mol. The molecular formula is C51H33BN2. The molecule has 0 aliphatic carbocycles. The molecular weight excluding hydrogens is 651 g/mol. The summed E-state index contributed by atoms with van der Waals surface area (Å²) in [6.45, 7) is 2.35. The molecule has 0 N–H and O–H groups in total. The van der Waals surface area contributed by atoms with E-state index in [9.17, 15) is 0 Å². The Labute approximate surface area is 314 Å². The zero-order chi connectivity index (χ0) is 35.5. The van der Waals surface area contributed by atoms with Crippen LogP contribution in [0.2, 0.25) is 0 Å². The maximum absolute atomic E-state index is 2.61. The molecule has 0 spiro atoms. The summed E-state index contributed by atoms with van der Waals surface area (Å²) >= 11 is 0. The Morgan fingerprint density at radius 2 is 1.06 bits per heavy atom. The predicted molar refractivity (Wildman–Crippen MR) is 230 cm³/mol. The highest BCUT2D eigenvalue weighted by Crippen LogP contribution is 2.48. The zero-order valence-electron chi connectivity index (χ0n) is 29.8. The van der Waals surface area contributed by atoms with E-state index in [1.165, 1.54) is 111 Å². The maximum Gasteiger partial charge on any atom is 0.333 e. The average Bonchev–Trinajstić information content (AvgIpc) is 3.60. The number of hydrogen-bond donors (Lipinski definition) is 0. The van der Waals surface area contributed by atoms with Gasteiger partial charge in [-0.1, -0.05) is 133 Å². The highest BCUT2D eigenvalue weighted by Gasteiger charge is 2.45. The third kappa shape index (κ3) is 4.01. The van der Waals surface area contributed by atoms with Gasteiger partial charge in [0.05, 0.1) is 11.0 Å². The third-order valence-corrected chi connectivity index (χ3v) is 12.1. The summed E-state index contributed by atoms with van der Waals surface area (Å²) in [5.74, 6) is 0. The van der Waals surface area contributed by atoms with Crippen molar-refractivity contribution < 1.29 is 0 Å². The molecule has 2 nitrogen and oxygen atoms in total. The first-order chi connectivity index (χ1) is 26.7. The van der Waals surface area contributed by atoms with Crippen molar-refractivity contribution in [2.75, 3.05) is 4.81 Å². The second kappa shape index (κ2) is 11.1. The van der Waals surface area contributed by atoms with Gasteiger partial charge in [0.1, 0.15) is 0 Å². The first kappa shape index (κ1) is 29.7. The van der Waals surface area contributed by atoms with E-state index in [-0.39, 0.29) is 6.85 Å². The summed E-state index contributed by atoms with van der Waals surface area (Å²) in [7, 11) is 0. The van der Waals surface area contributed by atoms with Crippen LogP contribution in [0.4, 0.5) is 11.4 Å². The number of benzene rings is 9. The highest BCUT2D eigenvalue weighted by atomic mass is 15.1. The molecule has 0 atom stereocenters. The third-order valence-electron chi connectivity index (χ3n) is 12.1. The van der Waals surface area contributed by atoms with Gasteiger partial charge < -0.3 is 9.38 Å². The van der Waals surface area contributed by atoms with E-state index in [0.717, 1.165) is 0 Å². The quantitative estimate of drug-likeness (QED) is 0.132. The number of para-hydroxylation sites is 2. The molecule has 0 bridgehead atoms. The molecule has 0 saturated carbocycles. The van der Waals surface area contributed by atoms with Crippen molar-refractivity contribution in [1.82, 2.24) is 4.57 Å². The molecule has 250 valence electrons. The molecule has 9 aromatic carbocycles. The fourth-order valence-electron chi connectivity index (χ4n) is 9.80. The first-order valence-corrected chi connectivity index (χ1v) is 18.9. The van der Waals surface area contributed by atoms with Gasteiger partial charge in [0.2, 0.25) is 0 Å². The van der Waals surface area contributed by atoms with Crippen molar-refractivity contribution in [3.05, 3.63) is 188 Å². The van der Waals surface area contributed by atoms with Crippen LogP contribution in [0.5, 0.6) is 0 Å². The standard InChI is InChI=1S/C51H33BN2/c1-32-42(39-29-37(33-14-5-2-6-15-33)28-38(30-39)34-16-7-3-8-17-34)31-46-50-47(32)41-21-11-12-22-44(41)54(40-19-9-4-10-20-40)52(50)43-27-26-36-25-24-35-18-13-23-45-48(35)49(36)51(43)53(45)46/h2-31H,1H3. The van der Waals surface area contributed by atoms with Gasteiger partial charge in [-0.25, -0.2) is 0 Å². The van der Waals surface area contributed by atoms with Gasteiger partial charge in [-0.15, -0.1) is 0 Å². The minimum Gasteiger partial charge on any atom is -0.376 e. The lowest BCUT2D eigenvalue weighted by Crippen LogP contribution is -2.60. The smallest absolute Gasteiger partial charge is 0.333 e. The van der Waals surface area contributed by atoms with E-state index >= 15 is 0 Å². The molecule has 54 heavy (non-hydrogen) atoms. The van der Waals surface area contributed by atoms with Crippen molar-refractivity contribution >= 4 is 61.7 Å². The summed E-state index contributed by atoms with van der Waals surface area (Å²) < 4.78 is 2.61. The van der Waals surface area contributed by atoms with Crippen molar-refractivity contribution in [2.45, 2.75) is 6.92 Å². The second-order valence-electron chi connectivity index (χ2n) is 14.9. The topological polar surface area (TPSA) is 8.17 Å². The molecule has 0 unspecified atom stereocenters. The minimum atomic E-state index is -0.00389. The minimum absolute atomic E-state index is 0.00389. The van der Waals surface area contributed by atoms with Gasteiger partial charge in [0, 0.05) is 33.4 Å². The van der Waals surface area contributed by atoms with Crippen molar-refractivity contribution in [2.24, 2.45) is 0 Å². The molecule has 10 aromatic rings. The van der Waals surface area contributed by atoms with Crippen molar-refractivity contribution in [3.8, 4) is 50.2 Å². The Balaban J connectivity index is 1.24. The lowest BCUT2D eigenvalue weighted by molar-refractivity contribution is 1.18. The van der Waals surface area contributed by atoms with E-state index in [2.05, 4.69) is 198 Å². The molecule has 1 aromatic heterocycles. The molecule has 3 heterocycles. The summed E-state index contributed by atoms with van der Waals surface area (Å²) in [5, 5.41) is 5.29. The van der Waals surface area contributed by atoms with Gasteiger partial charge in [-0.2, -0.15) is 0 Å². The van der Waals surface area contributed by atoms with E-state index in [1.807, 2.05) is 0 Å². The normalized spacial score (nSPS) is 12.8. The average molecular weight is 685 g/mol. The Morgan fingerprint density at radius 1 is 0.444 bits per heavy atom. The van der Waals surface area contributed by atoms with Crippen molar-refractivity contribution in [3.63, 3.8) is 0 Å². The molecule has 3 heteroatoms. The van der Waals surface area contributed by atoms with Gasteiger partial charge in [-0.3, -0.25) is 0 Å². The number of nitrogens with zero attached hydrogens (tertiary/aromatic N) is 2. The van der Waals surface area contributed by atoms with E-state index < -0.39 is 0 Å². The largest absolute Gasteiger partial charge is 0.376 e. The molecule has 0 amide bonds. The van der Waals surface area contributed by atoms with Crippen LogP contribution < -0.4 is 15.7 Å². The van der Waals surface area contributed by atoms with E-state index in [4.69, 9.17) is 0 Å². The summed E-state index contributed by atoms with van der Waals surface area (Å²) in [6.07, 6.45) is 0. The van der Waals surface area contributed by atoms with Crippen LogP contribution >= 0.6 is 0 Å². The van der Waals surface area contributed by atoms with Gasteiger partial charge >= 0.3 is 6.85 Å². The Morgan fingerprint density at radius 3 is 1.78 bits per heavy atom. The number of rotatable bonds is 4. The molecule has 12 rings (SSSR count). The predicted octanol–water partition coefficient (Wildman–Crippen LogP) is 11.9. The summed E-state index contributed by atoms with van der Waals surface area (Å²) in [5.41, 5.74) is 20.3. The Kier molecular flexibility index (Phi) is 6.10. The van der Waals surface area contributed by atoms with Crippen molar-refractivity contribution in [1.29, 1.82) is 0 Å². The maximum atomic E-state index is 2.61. The SMILES string of the molecule is Cc1c(-c2cc(-c3ccccc3)cc(-c3ccccc3)c2)cc2c3c1-c1ccccc1N(c1ccccc1)B3c1ccc3ccc4cccc5c4c3c1n5-2. The molecule has 2 aliphatic rings. The zero-order valence-corrected chi connectivity index (χ0v) is 29.8. The van der Waals surface area contributed by atoms with Gasteiger partial charge in [0.25, 0.3) is 0 Å². The van der Waals surface area contributed by atoms with Gasteiger partial charge in [-0.05, 0) is 122 Å². The number of fused-ring (bicyclic) bond motifs is 5. The molecule has 2 aliphatic heterocycles. The fraction of sp³-hybridized carbons (Fsp3) is 0.0196. The Bertz CT molecular complexity index is 3050. The molecule has 0 saturated heterocycles. The summed E-state index contributed by atoms with van der Waals surface area (Å²) in [4.78, 5) is 2.60. The van der Waals surface area contributed by atoms with Crippen LogP contribution in [0.3, 0.4) is 0 Å². The molecule has 0 fully saturated rings. The number of hydrogen-bond acceptors (Lipinski definition) is 1. The van der Waals surface area contributed by atoms with Crippen LogP contribution in [0.25, 0.3) is 82.8 Å². The number of aromatic nitrogens is 1. The highest BCUT2D eigenvalue weighted by molar-refractivity contribution is 6.93. The van der Waals surface area contributed by atoms with Crippen LogP contribution in [0.15, 0.2) is 182 Å². The number of anilines is 2. The fourth-order valence-corrected chi connectivity index (χ4v) is 9.80. The lowest BCUT2D eigenvalue weighted by Gasteiger charge is -2.43. The molecule has 0 radical (unpaired) electrons. The van der Waals surface area contributed by atoms with E-state index in [0.29, 0.717) is 0 Å². The van der Waals surface area contributed by atoms with Crippen LogP contribution in [-0.2, 0) is 0 Å².